The number of para-hydroxylation sites is 1. The van der Waals surface area contributed by atoms with Crippen molar-refractivity contribution in [2.24, 2.45) is 0 Å². The minimum Gasteiger partial charge on any atom is -0.403 e. The topological polar surface area (TPSA) is 101 Å². The van der Waals surface area contributed by atoms with Crippen molar-refractivity contribution in [1.82, 2.24) is 20.1 Å². The van der Waals surface area contributed by atoms with Gasteiger partial charge in [0.2, 0.25) is 0 Å². The molecule has 3 aromatic rings. The molecule has 0 unspecified atom stereocenters. The van der Waals surface area contributed by atoms with E-state index in [0.29, 0.717) is 18.9 Å². The maximum absolute atomic E-state index is 12.2. The number of aromatic nitrogens is 3. The number of esters is 2. The van der Waals surface area contributed by atoms with Crippen LogP contribution in [-0.2, 0) is 19.1 Å². The predicted octanol–water partition coefficient (Wildman–Crippen LogP) is 2.22. The molecule has 3 saturated heterocycles. The van der Waals surface area contributed by atoms with Crippen molar-refractivity contribution in [3.8, 4) is 11.4 Å². The average Bonchev–Trinajstić information content (AvgIpc) is 3.05. The summed E-state index contributed by atoms with van der Waals surface area (Å²) in [6.45, 7) is 1.49. The van der Waals surface area contributed by atoms with Crippen LogP contribution in [0.2, 0.25) is 0 Å². The molecule has 0 amide bonds. The highest BCUT2D eigenvalue weighted by molar-refractivity contribution is 5.93. The van der Waals surface area contributed by atoms with Crippen molar-refractivity contribution < 1.29 is 19.1 Å². The molecule has 0 saturated carbocycles. The normalized spacial score (nSPS) is 24.3. The van der Waals surface area contributed by atoms with Crippen LogP contribution in [0, 0.1) is 0 Å². The molecule has 1 aromatic carbocycles. The highest BCUT2D eigenvalue weighted by atomic mass is 16.8. The first-order chi connectivity index (χ1) is 15.6. The zero-order valence-electron chi connectivity index (χ0n) is 17.2. The zero-order valence-corrected chi connectivity index (χ0v) is 17.2. The van der Waals surface area contributed by atoms with Gasteiger partial charge in [-0.3, -0.25) is 0 Å². The molecule has 6 heterocycles. The predicted molar refractivity (Wildman–Crippen MR) is 115 cm³/mol. The molecule has 162 valence electrons. The number of hydrogen-bond donors (Lipinski definition) is 1. The molecule has 9 nitrogen and oxygen atoms in total. The van der Waals surface area contributed by atoms with Gasteiger partial charge in [0.25, 0.3) is 0 Å². The number of rotatable bonds is 2. The lowest BCUT2D eigenvalue weighted by Crippen LogP contribution is -2.58. The lowest BCUT2D eigenvalue weighted by molar-refractivity contribution is -0.274. The van der Waals surface area contributed by atoms with Crippen molar-refractivity contribution in [3.63, 3.8) is 0 Å². The monoisotopic (exact) mass is 431 g/mol. The smallest absolute Gasteiger partial charge is 0.339 e. The first-order valence-corrected chi connectivity index (χ1v) is 10.7. The minimum absolute atomic E-state index is 0.178. The van der Waals surface area contributed by atoms with Crippen LogP contribution in [0.3, 0.4) is 0 Å². The van der Waals surface area contributed by atoms with Gasteiger partial charge < -0.3 is 19.4 Å². The Morgan fingerprint density at radius 3 is 2.41 bits per heavy atom. The van der Waals surface area contributed by atoms with Crippen molar-refractivity contribution in [1.29, 1.82) is 0 Å². The number of carbonyl (C=O) groups is 2. The lowest BCUT2D eigenvalue weighted by atomic mass is 10.1. The van der Waals surface area contributed by atoms with Crippen molar-refractivity contribution >= 4 is 28.7 Å². The van der Waals surface area contributed by atoms with Gasteiger partial charge in [-0.15, -0.1) is 10.2 Å². The van der Waals surface area contributed by atoms with E-state index < -0.39 is 17.8 Å². The zero-order chi connectivity index (χ0) is 21.7. The SMILES string of the molecule is O=C1C=CC(=O)OC2(CN(c3ccc(-c4cc5ccccc5[nH]4)nn3)C3CCN2CC3)O1. The summed E-state index contributed by atoms with van der Waals surface area (Å²) in [7, 11) is 0. The Labute approximate surface area is 183 Å². The van der Waals surface area contributed by atoms with E-state index in [1.807, 2.05) is 52.3 Å². The number of aromatic amines is 1. The maximum Gasteiger partial charge on any atom is 0.339 e. The number of carbonyl (C=O) groups excluding carboxylic acids is 2. The lowest BCUT2D eigenvalue weighted by Gasteiger charge is -2.39. The van der Waals surface area contributed by atoms with Crippen LogP contribution in [0.15, 0.2) is 54.6 Å². The van der Waals surface area contributed by atoms with Gasteiger partial charge >= 0.3 is 17.8 Å². The van der Waals surface area contributed by atoms with Crippen LogP contribution >= 0.6 is 0 Å². The van der Waals surface area contributed by atoms with Crippen LogP contribution in [-0.4, -0.2) is 63.6 Å². The van der Waals surface area contributed by atoms with Crippen LogP contribution in [0.5, 0.6) is 0 Å². The van der Waals surface area contributed by atoms with Gasteiger partial charge in [0.1, 0.15) is 12.2 Å². The van der Waals surface area contributed by atoms with Gasteiger partial charge in [-0.2, -0.15) is 0 Å². The molecule has 32 heavy (non-hydrogen) atoms. The number of H-pyrrole nitrogens is 1. The molecule has 0 atom stereocenters. The highest BCUT2D eigenvalue weighted by Gasteiger charge is 2.52. The molecular weight excluding hydrogens is 410 g/mol. The third-order valence-electron chi connectivity index (χ3n) is 6.38. The van der Waals surface area contributed by atoms with Crippen molar-refractivity contribution in [3.05, 3.63) is 54.6 Å². The Bertz CT molecular complexity index is 1170. The van der Waals surface area contributed by atoms with Crippen LogP contribution in [0.4, 0.5) is 5.82 Å². The number of piperidine rings is 1. The summed E-state index contributed by atoms with van der Waals surface area (Å²) in [5.41, 5.74) is 2.67. The first-order valence-electron chi connectivity index (χ1n) is 10.7. The molecule has 4 aliphatic rings. The number of nitrogens with zero attached hydrogens (tertiary/aromatic N) is 4. The summed E-state index contributed by atoms with van der Waals surface area (Å²) in [6.07, 6.45) is 3.90. The van der Waals surface area contributed by atoms with E-state index in [2.05, 4.69) is 15.2 Å². The fourth-order valence-electron chi connectivity index (χ4n) is 4.80. The molecule has 4 aliphatic heterocycles. The summed E-state index contributed by atoms with van der Waals surface area (Å²) in [6, 6.07) is 14.1. The van der Waals surface area contributed by atoms with Crippen molar-refractivity contribution in [2.75, 3.05) is 24.5 Å². The molecule has 2 aromatic heterocycles. The Kier molecular flexibility index (Phi) is 4.25. The Balaban J connectivity index is 1.33. The Hall–Kier alpha value is -3.72. The number of nitrogens with one attached hydrogen (secondary N) is 1. The quantitative estimate of drug-likeness (QED) is 0.617. The van der Waals surface area contributed by atoms with Gasteiger partial charge in [0.15, 0.2) is 5.82 Å². The Morgan fingerprint density at radius 1 is 0.969 bits per heavy atom. The molecule has 0 aliphatic carbocycles. The standard InChI is InChI=1S/C23H21N5O4/c29-21-7-8-22(30)32-23(31-21)14-28(16-9-11-27(23)12-10-16)20-6-5-18(25-26-20)19-13-15-3-1-2-4-17(15)24-19/h1-8,13,16,24H,9-12,14H2. The number of fused-ring (bicyclic) bond motifs is 4. The second kappa shape index (κ2) is 7.16. The molecule has 1 N–H and O–H groups in total. The average molecular weight is 431 g/mol. The van der Waals surface area contributed by atoms with E-state index in [0.717, 1.165) is 47.3 Å². The summed E-state index contributed by atoms with van der Waals surface area (Å²) in [4.78, 5) is 31.7. The van der Waals surface area contributed by atoms with E-state index in [-0.39, 0.29) is 12.6 Å². The van der Waals surface area contributed by atoms with Gasteiger partial charge in [0, 0.05) is 42.2 Å². The van der Waals surface area contributed by atoms with E-state index in [1.165, 1.54) is 0 Å². The number of benzene rings is 1. The largest absolute Gasteiger partial charge is 0.403 e. The molecule has 3 fully saturated rings. The van der Waals surface area contributed by atoms with Crippen molar-refractivity contribution in [2.45, 2.75) is 24.8 Å². The third kappa shape index (κ3) is 3.13. The van der Waals surface area contributed by atoms with E-state index in [9.17, 15) is 9.59 Å². The van der Waals surface area contributed by atoms with Gasteiger partial charge in [0.05, 0.1) is 5.69 Å². The molecule has 9 heteroatoms. The third-order valence-corrected chi connectivity index (χ3v) is 6.38. The van der Waals surface area contributed by atoms with E-state index in [1.54, 1.807) is 0 Å². The summed E-state index contributed by atoms with van der Waals surface area (Å²) < 4.78 is 11.3. The molecule has 0 radical (unpaired) electrons. The maximum atomic E-state index is 12.2. The van der Waals surface area contributed by atoms with Crippen LogP contribution < -0.4 is 4.90 Å². The van der Waals surface area contributed by atoms with Gasteiger partial charge in [-0.25, -0.2) is 14.5 Å². The van der Waals surface area contributed by atoms with Gasteiger partial charge in [-0.1, -0.05) is 18.2 Å². The molecular formula is C23H21N5O4. The fourth-order valence-corrected chi connectivity index (χ4v) is 4.80. The molecule has 7 rings (SSSR count). The summed E-state index contributed by atoms with van der Waals surface area (Å²) in [5.74, 6) is -2.01. The van der Waals surface area contributed by atoms with E-state index in [4.69, 9.17) is 9.47 Å². The number of anilines is 1. The number of hydrogen-bond acceptors (Lipinski definition) is 8. The van der Waals surface area contributed by atoms with Gasteiger partial charge in [-0.05, 0) is 37.1 Å². The molecule has 1 spiro atoms. The van der Waals surface area contributed by atoms with E-state index >= 15 is 0 Å². The summed E-state index contributed by atoms with van der Waals surface area (Å²) in [5, 5.41) is 10.0. The summed E-state index contributed by atoms with van der Waals surface area (Å²) >= 11 is 0. The second-order valence-electron chi connectivity index (χ2n) is 8.28. The number of ether oxygens (including phenoxy) is 2. The highest BCUT2D eigenvalue weighted by Crippen LogP contribution is 2.36. The second-order valence-corrected chi connectivity index (χ2v) is 8.28. The fraction of sp³-hybridized carbons (Fsp3) is 0.304. The van der Waals surface area contributed by atoms with Crippen LogP contribution in [0.25, 0.3) is 22.3 Å². The van der Waals surface area contributed by atoms with Crippen LogP contribution in [0.1, 0.15) is 12.8 Å². The minimum atomic E-state index is -1.47. The molecule has 2 bridgehead atoms. The Morgan fingerprint density at radius 2 is 1.72 bits per heavy atom. The first kappa shape index (κ1) is 19.0.